The van der Waals surface area contributed by atoms with Gasteiger partial charge in [-0.25, -0.2) is 0 Å². The molecular formula is C18H23IN6O. The summed E-state index contributed by atoms with van der Waals surface area (Å²) in [6.45, 7) is 3.24. The van der Waals surface area contributed by atoms with Gasteiger partial charge in [0.2, 0.25) is 0 Å². The number of nitrogens with zero attached hydrogens (tertiary/aromatic N) is 4. The predicted molar refractivity (Wildman–Crippen MR) is 113 cm³/mol. The third kappa shape index (κ3) is 4.63. The van der Waals surface area contributed by atoms with Crippen LogP contribution in [0.15, 0.2) is 47.6 Å². The number of pyridine rings is 1. The number of aliphatic imine (C=N–C) groups is 1. The summed E-state index contributed by atoms with van der Waals surface area (Å²) in [7, 11) is 3.43. The lowest BCUT2D eigenvalue weighted by molar-refractivity contribution is 0.411. The van der Waals surface area contributed by atoms with Crippen molar-refractivity contribution in [2.75, 3.05) is 14.2 Å². The molecule has 0 amide bonds. The molecule has 3 aromatic rings. The average Bonchev–Trinajstić information content (AvgIpc) is 3.05. The maximum Gasteiger partial charge on any atom is 0.191 e. The quantitative estimate of drug-likeness (QED) is 0.344. The van der Waals surface area contributed by atoms with Crippen molar-refractivity contribution in [3.05, 3.63) is 59.5 Å². The first-order valence-electron chi connectivity index (χ1n) is 8.08. The highest BCUT2D eigenvalue weighted by molar-refractivity contribution is 14.0. The number of halogens is 1. The molecule has 2 aromatic heterocycles. The minimum Gasteiger partial charge on any atom is -0.496 e. The fourth-order valence-corrected chi connectivity index (χ4v) is 2.63. The summed E-state index contributed by atoms with van der Waals surface area (Å²) in [5, 5.41) is 14.9. The van der Waals surface area contributed by atoms with E-state index in [1.165, 1.54) is 0 Å². The summed E-state index contributed by atoms with van der Waals surface area (Å²) in [4.78, 5) is 4.25. The molecule has 0 aliphatic rings. The lowest BCUT2D eigenvalue weighted by Gasteiger charge is -2.12. The zero-order valence-corrected chi connectivity index (χ0v) is 17.4. The highest BCUT2D eigenvalue weighted by Crippen LogP contribution is 2.18. The molecule has 8 heteroatoms. The van der Waals surface area contributed by atoms with Crippen LogP contribution in [-0.4, -0.2) is 34.7 Å². The molecular weight excluding hydrogens is 443 g/mol. The lowest BCUT2D eigenvalue weighted by Crippen LogP contribution is -2.36. The molecule has 0 saturated carbocycles. The SMILES string of the molecule is CN=C(NCc1ccc(OC)c(C)c1)NCc1nnc2ccccn12.I. The molecule has 0 saturated heterocycles. The Kier molecular flexibility index (Phi) is 7.19. The molecule has 2 N–H and O–H groups in total. The van der Waals surface area contributed by atoms with Crippen LogP contribution in [0.4, 0.5) is 0 Å². The second-order valence-electron chi connectivity index (χ2n) is 5.63. The van der Waals surface area contributed by atoms with Gasteiger partial charge in [-0.1, -0.05) is 18.2 Å². The van der Waals surface area contributed by atoms with Gasteiger partial charge in [-0.2, -0.15) is 0 Å². The van der Waals surface area contributed by atoms with Crippen molar-refractivity contribution in [1.82, 2.24) is 25.2 Å². The summed E-state index contributed by atoms with van der Waals surface area (Å²) >= 11 is 0. The van der Waals surface area contributed by atoms with E-state index in [2.05, 4.69) is 31.9 Å². The van der Waals surface area contributed by atoms with Crippen LogP contribution in [0.3, 0.4) is 0 Å². The lowest BCUT2D eigenvalue weighted by atomic mass is 10.1. The highest BCUT2D eigenvalue weighted by atomic mass is 127. The zero-order chi connectivity index (χ0) is 17.6. The largest absolute Gasteiger partial charge is 0.496 e. The van der Waals surface area contributed by atoms with Crippen LogP contribution in [0.1, 0.15) is 17.0 Å². The number of aromatic nitrogens is 3. The summed E-state index contributed by atoms with van der Waals surface area (Å²) in [5.41, 5.74) is 3.10. The van der Waals surface area contributed by atoms with Crippen molar-refractivity contribution in [2.24, 2.45) is 4.99 Å². The summed E-state index contributed by atoms with van der Waals surface area (Å²) < 4.78 is 7.24. The molecule has 1 aromatic carbocycles. The third-order valence-electron chi connectivity index (χ3n) is 3.94. The maximum absolute atomic E-state index is 5.29. The van der Waals surface area contributed by atoms with Crippen molar-refractivity contribution < 1.29 is 4.74 Å². The number of hydrogen-bond donors (Lipinski definition) is 2. The number of guanidine groups is 1. The molecule has 0 aliphatic carbocycles. The molecule has 0 radical (unpaired) electrons. The van der Waals surface area contributed by atoms with Gasteiger partial charge in [0.25, 0.3) is 0 Å². The Morgan fingerprint density at radius 2 is 1.96 bits per heavy atom. The van der Waals surface area contributed by atoms with Crippen LogP contribution in [0.2, 0.25) is 0 Å². The van der Waals surface area contributed by atoms with Gasteiger partial charge < -0.3 is 15.4 Å². The number of ether oxygens (including phenoxy) is 1. The standard InChI is InChI=1S/C18H22N6O.HI/c1-13-10-14(7-8-15(13)25-3)11-20-18(19-2)21-12-17-23-22-16-6-4-5-9-24(16)17;/h4-10H,11-12H2,1-3H3,(H2,19,20,21);1H. The smallest absolute Gasteiger partial charge is 0.191 e. The Morgan fingerprint density at radius 3 is 2.69 bits per heavy atom. The van der Waals surface area contributed by atoms with Crippen molar-refractivity contribution >= 4 is 35.6 Å². The van der Waals surface area contributed by atoms with Gasteiger partial charge in [-0.3, -0.25) is 9.39 Å². The van der Waals surface area contributed by atoms with Gasteiger partial charge in [0.1, 0.15) is 5.75 Å². The Labute approximate surface area is 169 Å². The average molecular weight is 466 g/mol. The Hall–Kier alpha value is -2.36. The van der Waals surface area contributed by atoms with Crippen LogP contribution in [0.25, 0.3) is 5.65 Å². The molecule has 7 nitrogen and oxygen atoms in total. The second-order valence-corrected chi connectivity index (χ2v) is 5.63. The fourth-order valence-electron chi connectivity index (χ4n) is 2.63. The summed E-state index contributed by atoms with van der Waals surface area (Å²) in [6.07, 6.45) is 1.95. The first-order chi connectivity index (χ1) is 12.2. The molecule has 0 atom stereocenters. The van der Waals surface area contributed by atoms with Gasteiger partial charge >= 0.3 is 0 Å². The van der Waals surface area contributed by atoms with E-state index < -0.39 is 0 Å². The monoisotopic (exact) mass is 466 g/mol. The number of rotatable bonds is 5. The number of hydrogen-bond acceptors (Lipinski definition) is 4. The first kappa shape index (κ1) is 20.0. The van der Waals surface area contributed by atoms with Crippen LogP contribution >= 0.6 is 24.0 Å². The topological polar surface area (TPSA) is 75.8 Å². The van der Waals surface area contributed by atoms with E-state index >= 15 is 0 Å². The van der Waals surface area contributed by atoms with Crippen LogP contribution in [-0.2, 0) is 13.1 Å². The number of fused-ring (bicyclic) bond motifs is 1. The van der Waals surface area contributed by atoms with Gasteiger partial charge in [0.05, 0.1) is 13.7 Å². The zero-order valence-electron chi connectivity index (χ0n) is 15.1. The molecule has 0 spiro atoms. The van der Waals surface area contributed by atoms with E-state index in [0.29, 0.717) is 19.0 Å². The first-order valence-corrected chi connectivity index (χ1v) is 8.08. The third-order valence-corrected chi connectivity index (χ3v) is 3.94. The van der Waals surface area contributed by atoms with Gasteiger partial charge in [0, 0.05) is 19.8 Å². The van der Waals surface area contributed by atoms with Crippen molar-refractivity contribution in [3.63, 3.8) is 0 Å². The summed E-state index contributed by atoms with van der Waals surface area (Å²) in [5.74, 6) is 2.44. The van der Waals surface area contributed by atoms with Crippen LogP contribution < -0.4 is 15.4 Å². The molecule has 26 heavy (non-hydrogen) atoms. The number of methoxy groups -OCH3 is 1. The minimum atomic E-state index is 0. The molecule has 3 rings (SSSR count). The van der Waals surface area contributed by atoms with Crippen LogP contribution in [0.5, 0.6) is 5.75 Å². The van der Waals surface area contributed by atoms with E-state index in [1.54, 1.807) is 14.2 Å². The van der Waals surface area contributed by atoms with Crippen molar-refractivity contribution in [1.29, 1.82) is 0 Å². The van der Waals surface area contributed by atoms with Crippen LogP contribution in [0, 0.1) is 6.92 Å². The molecule has 138 valence electrons. The fraction of sp³-hybridized carbons (Fsp3) is 0.278. The predicted octanol–water partition coefficient (Wildman–Crippen LogP) is 2.53. The maximum atomic E-state index is 5.29. The van der Waals surface area contributed by atoms with E-state index in [0.717, 1.165) is 28.3 Å². The van der Waals surface area contributed by atoms with E-state index in [9.17, 15) is 0 Å². The van der Waals surface area contributed by atoms with Gasteiger partial charge in [-0.05, 0) is 36.2 Å². The van der Waals surface area contributed by atoms with E-state index in [-0.39, 0.29) is 24.0 Å². The van der Waals surface area contributed by atoms with Crippen molar-refractivity contribution in [3.8, 4) is 5.75 Å². The Morgan fingerprint density at radius 1 is 1.15 bits per heavy atom. The molecule has 0 aliphatic heterocycles. The molecule has 0 unspecified atom stereocenters. The van der Waals surface area contributed by atoms with E-state index in [4.69, 9.17) is 4.74 Å². The number of aryl methyl sites for hydroxylation is 1. The molecule has 0 fully saturated rings. The molecule has 0 bridgehead atoms. The van der Waals surface area contributed by atoms with Crippen molar-refractivity contribution in [2.45, 2.75) is 20.0 Å². The van der Waals surface area contributed by atoms with E-state index in [1.807, 2.05) is 47.9 Å². The summed E-state index contributed by atoms with van der Waals surface area (Å²) in [6, 6.07) is 11.9. The normalized spacial score (nSPS) is 11.1. The van der Waals surface area contributed by atoms with Gasteiger partial charge in [-0.15, -0.1) is 34.2 Å². The highest BCUT2D eigenvalue weighted by Gasteiger charge is 2.06. The Bertz CT molecular complexity index is 892. The van der Waals surface area contributed by atoms with Gasteiger partial charge in [0.15, 0.2) is 17.4 Å². The number of benzene rings is 1. The minimum absolute atomic E-state index is 0. The number of nitrogens with one attached hydrogen (secondary N) is 2. The second kappa shape index (κ2) is 9.37. The Balaban J connectivity index is 0.00000243. The molecule has 2 heterocycles.